The number of nitrogens with zero attached hydrogens (tertiary/aromatic N) is 2. The van der Waals surface area contributed by atoms with E-state index in [0.717, 1.165) is 6.54 Å². The fourth-order valence-electron chi connectivity index (χ4n) is 2.25. The van der Waals surface area contributed by atoms with Gasteiger partial charge < -0.3 is 10.2 Å². The molecule has 1 heterocycles. The second kappa shape index (κ2) is 16.3. The topological polar surface area (TPSA) is 18.5 Å². The Labute approximate surface area is 136 Å². The van der Waals surface area contributed by atoms with Crippen LogP contribution in [0.1, 0.15) is 62.3 Å². The summed E-state index contributed by atoms with van der Waals surface area (Å²) in [5.74, 6) is 0.686. The van der Waals surface area contributed by atoms with Gasteiger partial charge >= 0.3 is 0 Å². The summed E-state index contributed by atoms with van der Waals surface area (Å²) in [4.78, 5) is 5.05. The van der Waals surface area contributed by atoms with Crippen molar-refractivity contribution >= 4 is 0 Å². The molecule has 1 atom stereocenters. The second-order valence-electron chi connectivity index (χ2n) is 5.40. The largest absolute Gasteiger partial charge is 0.319 e. The number of hydrogen-bond donors (Lipinski definition) is 1. The molecule has 0 saturated carbocycles. The third kappa shape index (κ3) is 10.3. The van der Waals surface area contributed by atoms with Crippen LogP contribution in [0, 0.1) is 5.92 Å². The van der Waals surface area contributed by atoms with Crippen molar-refractivity contribution in [1.29, 1.82) is 0 Å². The Morgan fingerprint density at radius 3 is 1.62 bits per heavy atom. The molecular formula is C18H45N3. The summed E-state index contributed by atoms with van der Waals surface area (Å²) in [7, 11) is 4.25. The number of hydrogen-bond acceptors (Lipinski definition) is 3. The maximum Gasteiger partial charge on any atom is 0.0191 e. The summed E-state index contributed by atoms with van der Waals surface area (Å²) in [6.45, 7) is 25.0. The van der Waals surface area contributed by atoms with Crippen molar-refractivity contribution in [3.8, 4) is 0 Å². The van der Waals surface area contributed by atoms with Gasteiger partial charge in [0, 0.05) is 31.7 Å². The Hall–Kier alpha value is -0.120. The highest BCUT2D eigenvalue weighted by Crippen LogP contribution is 2.24. The molecule has 0 aromatic carbocycles. The van der Waals surface area contributed by atoms with Gasteiger partial charge in [0.25, 0.3) is 0 Å². The lowest BCUT2D eigenvalue weighted by atomic mass is 9.86. The Balaban J connectivity index is -0.000000478. The Kier molecular flexibility index (Phi) is 20.0. The zero-order valence-electron chi connectivity index (χ0n) is 17.0. The predicted octanol–water partition coefficient (Wildman–Crippen LogP) is 3.95. The van der Waals surface area contributed by atoms with E-state index >= 15 is 0 Å². The highest BCUT2D eigenvalue weighted by Gasteiger charge is 2.33. The van der Waals surface area contributed by atoms with E-state index in [9.17, 15) is 0 Å². The molecule has 0 aromatic heterocycles. The van der Waals surface area contributed by atoms with E-state index in [1.165, 1.54) is 26.2 Å². The van der Waals surface area contributed by atoms with E-state index in [1.54, 1.807) is 0 Å². The van der Waals surface area contributed by atoms with Gasteiger partial charge in [0.05, 0.1) is 0 Å². The minimum atomic E-state index is 0.310. The van der Waals surface area contributed by atoms with Crippen LogP contribution in [0.25, 0.3) is 0 Å². The first kappa shape index (κ1) is 25.8. The van der Waals surface area contributed by atoms with Crippen LogP contribution >= 0.6 is 0 Å². The van der Waals surface area contributed by atoms with Gasteiger partial charge in [0.2, 0.25) is 0 Å². The number of rotatable bonds is 4. The molecule has 132 valence electrons. The zero-order valence-corrected chi connectivity index (χ0v) is 17.0. The van der Waals surface area contributed by atoms with E-state index in [0.29, 0.717) is 11.5 Å². The summed E-state index contributed by atoms with van der Waals surface area (Å²) in [5, 5.41) is 3.28. The van der Waals surface area contributed by atoms with E-state index in [-0.39, 0.29) is 0 Å². The van der Waals surface area contributed by atoms with Gasteiger partial charge in [-0.05, 0) is 40.4 Å². The van der Waals surface area contributed by atoms with Crippen LogP contribution in [0.15, 0.2) is 0 Å². The molecule has 0 amide bonds. The molecule has 1 rings (SSSR count). The van der Waals surface area contributed by atoms with Crippen molar-refractivity contribution in [2.75, 3.05) is 46.8 Å². The Morgan fingerprint density at radius 2 is 1.29 bits per heavy atom. The van der Waals surface area contributed by atoms with E-state index in [4.69, 9.17) is 0 Å². The SMILES string of the molecule is CC.CC.CC.CNCC(C)C(C)(C)N1CCN(C)CC1. The van der Waals surface area contributed by atoms with Crippen molar-refractivity contribution in [2.45, 2.75) is 67.9 Å². The molecule has 0 spiro atoms. The fraction of sp³-hybridized carbons (Fsp3) is 1.00. The predicted molar refractivity (Wildman–Crippen MR) is 100 cm³/mol. The molecule has 1 aliphatic heterocycles. The summed E-state index contributed by atoms with van der Waals surface area (Å²) in [5.41, 5.74) is 0.310. The molecule has 1 fully saturated rings. The van der Waals surface area contributed by atoms with Crippen LogP contribution in [-0.2, 0) is 0 Å². The van der Waals surface area contributed by atoms with Crippen LogP contribution in [0.2, 0.25) is 0 Å². The summed E-state index contributed by atoms with van der Waals surface area (Å²) >= 11 is 0. The fourth-order valence-corrected chi connectivity index (χ4v) is 2.25. The van der Waals surface area contributed by atoms with Crippen LogP contribution in [-0.4, -0.2) is 62.2 Å². The third-order valence-corrected chi connectivity index (χ3v) is 4.03. The van der Waals surface area contributed by atoms with Gasteiger partial charge in [0.1, 0.15) is 0 Å². The van der Waals surface area contributed by atoms with Gasteiger partial charge in [-0.2, -0.15) is 0 Å². The monoisotopic (exact) mass is 303 g/mol. The van der Waals surface area contributed by atoms with E-state index in [2.05, 4.69) is 42.9 Å². The Bertz CT molecular complexity index is 185. The average molecular weight is 304 g/mol. The minimum absolute atomic E-state index is 0.310. The molecule has 0 radical (unpaired) electrons. The lowest BCUT2D eigenvalue weighted by Crippen LogP contribution is -2.57. The lowest BCUT2D eigenvalue weighted by molar-refractivity contribution is 0.0285. The van der Waals surface area contributed by atoms with Crippen LogP contribution in [0.5, 0.6) is 0 Å². The molecule has 21 heavy (non-hydrogen) atoms. The van der Waals surface area contributed by atoms with Crippen molar-refractivity contribution in [2.24, 2.45) is 5.92 Å². The maximum absolute atomic E-state index is 3.28. The van der Waals surface area contributed by atoms with Gasteiger partial charge in [-0.1, -0.05) is 48.5 Å². The quantitative estimate of drug-likeness (QED) is 0.848. The third-order valence-electron chi connectivity index (χ3n) is 4.03. The Morgan fingerprint density at radius 1 is 0.905 bits per heavy atom. The number of piperazine rings is 1. The molecule has 0 bridgehead atoms. The van der Waals surface area contributed by atoms with Crippen LogP contribution in [0.3, 0.4) is 0 Å². The summed E-state index contributed by atoms with van der Waals surface area (Å²) in [6.07, 6.45) is 0. The van der Waals surface area contributed by atoms with Crippen LogP contribution < -0.4 is 5.32 Å². The summed E-state index contributed by atoms with van der Waals surface area (Å²) in [6, 6.07) is 0. The summed E-state index contributed by atoms with van der Waals surface area (Å²) < 4.78 is 0. The first-order chi connectivity index (χ1) is 9.98. The molecule has 3 heteroatoms. The van der Waals surface area contributed by atoms with Crippen molar-refractivity contribution in [3.05, 3.63) is 0 Å². The highest BCUT2D eigenvalue weighted by molar-refractivity contribution is 4.89. The van der Waals surface area contributed by atoms with Gasteiger partial charge in [-0.25, -0.2) is 0 Å². The molecule has 0 aromatic rings. The number of likely N-dealkylation sites (N-methyl/N-ethyl adjacent to an activating group) is 1. The molecule has 3 nitrogen and oxygen atoms in total. The minimum Gasteiger partial charge on any atom is -0.319 e. The maximum atomic E-state index is 3.28. The lowest BCUT2D eigenvalue weighted by Gasteiger charge is -2.46. The average Bonchev–Trinajstić information content (AvgIpc) is 2.54. The van der Waals surface area contributed by atoms with Gasteiger partial charge in [-0.3, -0.25) is 4.90 Å². The van der Waals surface area contributed by atoms with Gasteiger partial charge in [-0.15, -0.1) is 0 Å². The molecule has 1 aliphatic rings. The molecular weight excluding hydrogens is 258 g/mol. The normalized spacial score (nSPS) is 17.3. The molecule has 0 aliphatic carbocycles. The van der Waals surface area contributed by atoms with Crippen molar-refractivity contribution in [1.82, 2.24) is 15.1 Å². The van der Waals surface area contributed by atoms with Crippen molar-refractivity contribution in [3.63, 3.8) is 0 Å². The highest BCUT2D eigenvalue weighted by atomic mass is 15.3. The zero-order chi connectivity index (χ0) is 17.5. The number of nitrogens with one attached hydrogen (secondary N) is 1. The molecule has 1 saturated heterocycles. The smallest absolute Gasteiger partial charge is 0.0191 e. The first-order valence-electron chi connectivity index (χ1n) is 9.06. The molecule has 1 N–H and O–H groups in total. The first-order valence-corrected chi connectivity index (χ1v) is 9.06. The van der Waals surface area contributed by atoms with E-state index < -0.39 is 0 Å². The standard InChI is InChI=1S/C12H27N3.3C2H6/c1-11(10-13-4)12(2,3)15-8-6-14(5)7-9-15;3*1-2/h11,13H,6-10H2,1-5H3;3*1-2H3. The van der Waals surface area contributed by atoms with Crippen molar-refractivity contribution < 1.29 is 0 Å². The molecule has 1 unspecified atom stereocenters. The second-order valence-corrected chi connectivity index (χ2v) is 5.40. The van der Waals surface area contributed by atoms with E-state index in [1.807, 2.05) is 48.6 Å². The van der Waals surface area contributed by atoms with Crippen LogP contribution in [0.4, 0.5) is 0 Å². The van der Waals surface area contributed by atoms with Gasteiger partial charge in [0.15, 0.2) is 0 Å².